The number of carbonyl (C=O) groups is 4. The minimum absolute atomic E-state index is 0.0785. The van der Waals surface area contributed by atoms with E-state index in [4.69, 9.17) is 5.73 Å². The molecule has 3 amide bonds. The Morgan fingerprint density at radius 2 is 1.43 bits per heavy atom. The second-order valence-electron chi connectivity index (χ2n) is 7.89. The summed E-state index contributed by atoms with van der Waals surface area (Å²) in [6.45, 7) is 10.7. The first-order valence-electron chi connectivity index (χ1n) is 9.77. The van der Waals surface area contributed by atoms with Crippen LogP contribution in [-0.4, -0.2) is 53.5 Å². The summed E-state index contributed by atoms with van der Waals surface area (Å²) in [5.74, 6) is -3.02. The lowest BCUT2D eigenvalue weighted by Gasteiger charge is -2.28. The first kappa shape index (κ1) is 25.8. The zero-order chi connectivity index (χ0) is 22.0. The molecule has 0 bridgehead atoms. The highest BCUT2D eigenvalue weighted by atomic mass is 16.4. The van der Waals surface area contributed by atoms with Gasteiger partial charge in [-0.25, -0.2) is 4.79 Å². The summed E-state index contributed by atoms with van der Waals surface area (Å²) in [7, 11) is 0. The number of carboxylic acids is 1. The highest BCUT2D eigenvalue weighted by molar-refractivity contribution is 5.93. The van der Waals surface area contributed by atoms with Gasteiger partial charge in [0.15, 0.2) is 0 Å². The molecule has 0 aliphatic rings. The first-order valence-corrected chi connectivity index (χ1v) is 9.77. The summed E-state index contributed by atoms with van der Waals surface area (Å²) in [5, 5.41) is 17.1. The van der Waals surface area contributed by atoms with Crippen LogP contribution in [-0.2, 0) is 19.2 Å². The van der Waals surface area contributed by atoms with E-state index >= 15 is 0 Å². The van der Waals surface area contributed by atoms with Crippen LogP contribution < -0.4 is 21.7 Å². The van der Waals surface area contributed by atoms with Gasteiger partial charge in [-0.3, -0.25) is 14.4 Å². The van der Waals surface area contributed by atoms with E-state index in [1.54, 1.807) is 13.8 Å². The van der Waals surface area contributed by atoms with Crippen molar-refractivity contribution in [2.75, 3.05) is 6.54 Å². The van der Waals surface area contributed by atoms with Crippen molar-refractivity contribution >= 4 is 23.7 Å². The summed E-state index contributed by atoms with van der Waals surface area (Å²) >= 11 is 0. The third-order valence-corrected chi connectivity index (χ3v) is 4.57. The topological polar surface area (TPSA) is 151 Å². The summed E-state index contributed by atoms with van der Waals surface area (Å²) in [6.07, 6.45) is 0.916. The van der Waals surface area contributed by atoms with E-state index in [9.17, 15) is 24.3 Å². The van der Waals surface area contributed by atoms with Crippen LogP contribution in [0.1, 0.15) is 54.4 Å². The van der Waals surface area contributed by atoms with Crippen LogP contribution in [0.15, 0.2) is 0 Å². The molecule has 0 radical (unpaired) electrons. The van der Waals surface area contributed by atoms with Gasteiger partial charge in [0.1, 0.15) is 18.1 Å². The summed E-state index contributed by atoms with van der Waals surface area (Å²) in [4.78, 5) is 48.5. The summed E-state index contributed by atoms with van der Waals surface area (Å²) < 4.78 is 0. The number of amides is 3. The van der Waals surface area contributed by atoms with Crippen LogP contribution in [0.2, 0.25) is 0 Å². The van der Waals surface area contributed by atoms with Gasteiger partial charge in [-0.1, -0.05) is 48.0 Å². The molecule has 0 aromatic heterocycles. The first-order chi connectivity index (χ1) is 12.9. The molecule has 4 atom stereocenters. The van der Waals surface area contributed by atoms with Crippen molar-refractivity contribution in [3.05, 3.63) is 0 Å². The molecule has 0 rings (SSSR count). The SMILES string of the molecule is CCC(C)C(NC(=O)CN)C(=O)NC(C(=O)NC(CC(C)C)C(=O)O)C(C)C. The number of rotatable bonds is 12. The van der Waals surface area contributed by atoms with Crippen molar-refractivity contribution in [2.24, 2.45) is 23.5 Å². The molecule has 0 aliphatic heterocycles. The van der Waals surface area contributed by atoms with E-state index in [0.29, 0.717) is 6.42 Å². The maximum absolute atomic E-state index is 12.7. The number of hydrogen-bond donors (Lipinski definition) is 5. The molecule has 0 aromatic carbocycles. The van der Waals surface area contributed by atoms with E-state index in [-0.39, 0.29) is 30.7 Å². The van der Waals surface area contributed by atoms with Gasteiger partial charge in [0, 0.05) is 0 Å². The third-order valence-electron chi connectivity index (χ3n) is 4.57. The smallest absolute Gasteiger partial charge is 0.326 e. The lowest BCUT2D eigenvalue weighted by Crippen LogP contribution is -2.59. The molecule has 9 nitrogen and oxygen atoms in total. The van der Waals surface area contributed by atoms with Crippen molar-refractivity contribution in [1.29, 1.82) is 0 Å². The minimum atomic E-state index is -1.12. The molecule has 0 aromatic rings. The van der Waals surface area contributed by atoms with Gasteiger partial charge in [-0.2, -0.15) is 0 Å². The molecule has 0 aliphatic carbocycles. The van der Waals surface area contributed by atoms with Crippen molar-refractivity contribution in [3.63, 3.8) is 0 Å². The molecular formula is C19H36N4O5. The third kappa shape index (κ3) is 8.69. The molecule has 0 fully saturated rings. The van der Waals surface area contributed by atoms with Crippen molar-refractivity contribution < 1.29 is 24.3 Å². The van der Waals surface area contributed by atoms with Gasteiger partial charge < -0.3 is 26.8 Å². The predicted molar refractivity (Wildman–Crippen MR) is 106 cm³/mol. The molecule has 0 saturated heterocycles. The van der Waals surface area contributed by atoms with E-state index in [0.717, 1.165) is 0 Å². The second kappa shape index (κ2) is 12.3. The number of carboxylic acid groups (broad SMARTS) is 1. The molecular weight excluding hydrogens is 364 g/mol. The van der Waals surface area contributed by atoms with E-state index in [1.807, 2.05) is 27.7 Å². The predicted octanol–water partition coefficient (Wildman–Crippen LogP) is 0.232. The Kier molecular flexibility index (Phi) is 11.4. The quantitative estimate of drug-likeness (QED) is 0.316. The average Bonchev–Trinajstić information content (AvgIpc) is 2.61. The number of hydrogen-bond acceptors (Lipinski definition) is 5. The van der Waals surface area contributed by atoms with E-state index in [2.05, 4.69) is 16.0 Å². The van der Waals surface area contributed by atoms with Crippen molar-refractivity contribution in [1.82, 2.24) is 16.0 Å². The van der Waals surface area contributed by atoms with Crippen LogP contribution in [0.4, 0.5) is 0 Å². The fraction of sp³-hybridized carbons (Fsp3) is 0.789. The van der Waals surface area contributed by atoms with Crippen molar-refractivity contribution in [3.8, 4) is 0 Å². The highest BCUT2D eigenvalue weighted by Crippen LogP contribution is 2.11. The van der Waals surface area contributed by atoms with Crippen LogP contribution in [0.5, 0.6) is 0 Å². The standard InChI is InChI=1S/C19H36N4O5/c1-7-12(6)16(22-14(24)9-20)18(26)23-15(11(4)5)17(25)21-13(19(27)28)8-10(2)3/h10-13,15-16H,7-9,20H2,1-6H3,(H,21,25)(H,22,24)(H,23,26)(H,27,28). The fourth-order valence-corrected chi connectivity index (χ4v) is 2.67. The summed E-state index contributed by atoms with van der Waals surface area (Å²) in [6, 6.07) is -2.79. The number of aliphatic carboxylic acids is 1. The van der Waals surface area contributed by atoms with Gasteiger partial charge in [-0.15, -0.1) is 0 Å². The molecule has 6 N–H and O–H groups in total. The fourth-order valence-electron chi connectivity index (χ4n) is 2.67. The Hall–Kier alpha value is -2.16. The Morgan fingerprint density at radius 1 is 0.893 bits per heavy atom. The minimum Gasteiger partial charge on any atom is -0.480 e. The molecule has 4 unspecified atom stereocenters. The molecule has 28 heavy (non-hydrogen) atoms. The maximum Gasteiger partial charge on any atom is 0.326 e. The molecule has 0 spiro atoms. The Bertz CT molecular complexity index is 550. The van der Waals surface area contributed by atoms with Crippen LogP contribution in [0, 0.1) is 17.8 Å². The molecule has 162 valence electrons. The van der Waals surface area contributed by atoms with Crippen LogP contribution in [0.25, 0.3) is 0 Å². The largest absolute Gasteiger partial charge is 0.480 e. The zero-order valence-electron chi connectivity index (χ0n) is 17.7. The monoisotopic (exact) mass is 400 g/mol. The number of nitrogens with two attached hydrogens (primary N) is 1. The van der Waals surface area contributed by atoms with Gasteiger partial charge in [-0.05, 0) is 24.2 Å². The van der Waals surface area contributed by atoms with E-state index < -0.39 is 41.8 Å². The summed E-state index contributed by atoms with van der Waals surface area (Å²) in [5.41, 5.74) is 5.32. The van der Waals surface area contributed by atoms with Gasteiger partial charge in [0.2, 0.25) is 17.7 Å². The lowest BCUT2D eigenvalue weighted by atomic mass is 9.96. The zero-order valence-corrected chi connectivity index (χ0v) is 17.7. The highest BCUT2D eigenvalue weighted by Gasteiger charge is 2.32. The average molecular weight is 401 g/mol. The van der Waals surface area contributed by atoms with Crippen LogP contribution >= 0.6 is 0 Å². The Labute approximate surface area is 167 Å². The Morgan fingerprint density at radius 3 is 1.82 bits per heavy atom. The normalized spacial score (nSPS) is 15.5. The van der Waals surface area contributed by atoms with Crippen molar-refractivity contribution in [2.45, 2.75) is 72.5 Å². The van der Waals surface area contributed by atoms with Crippen LogP contribution in [0.3, 0.4) is 0 Å². The number of nitrogens with one attached hydrogen (secondary N) is 3. The number of carbonyl (C=O) groups excluding carboxylic acids is 3. The molecule has 9 heteroatoms. The lowest BCUT2D eigenvalue weighted by molar-refractivity contribution is -0.143. The molecule has 0 heterocycles. The van der Waals surface area contributed by atoms with E-state index in [1.165, 1.54) is 0 Å². The Balaban J connectivity index is 5.34. The second-order valence-corrected chi connectivity index (χ2v) is 7.89. The van der Waals surface area contributed by atoms with Gasteiger partial charge in [0.25, 0.3) is 0 Å². The molecule has 0 saturated carbocycles. The van der Waals surface area contributed by atoms with Gasteiger partial charge >= 0.3 is 5.97 Å². The maximum atomic E-state index is 12.7. The van der Waals surface area contributed by atoms with Gasteiger partial charge in [0.05, 0.1) is 6.54 Å².